The van der Waals surface area contributed by atoms with E-state index in [1.807, 2.05) is 31.3 Å². The van der Waals surface area contributed by atoms with Gasteiger partial charge in [-0.1, -0.05) is 12.1 Å². The van der Waals surface area contributed by atoms with Crippen molar-refractivity contribution in [2.75, 3.05) is 0 Å². The minimum Gasteiger partial charge on any atom is -0.392 e. The quantitative estimate of drug-likeness (QED) is 0.563. The summed E-state index contributed by atoms with van der Waals surface area (Å²) in [6, 6.07) is 12.0. The summed E-state index contributed by atoms with van der Waals surface area (Å²) in [4.78, 5) is 18.1. The molecule has 3 heterocycles. The van der Waals surface area contributed by atoms with E-state index in [2.05, 4.69) is 10.1 Å². The molecular weight excluding hydrogens is 371 g/mol. The molecule has 2 aromatic heterocycles. The zero-order valence-electron chi connectivity index (χ0n) is 15.8. The maximum Gasteiger partial charge on any atom is 0.270 e. The van der Waals surface area contributed by atoms with Crippen LogP contribution >= 0.6 is 0 Å². The zero-order chi connectivity index (χ0) is 20.1. The highest BCUT2D eigenvalue weighted by Gasteiger charge is 2.28. The maximum atomic E-state index is 14.0. The Morgan fingerprint density at radius 3 is 2.90 bits per heavy atom. The third-order valence-corrected chi connectivity index (χ3v) is 5.48. The van der Waals surface area contributed by atoms with E-state index in [1.54, 1.807) is 21.8 Å². The van der Waals surface area contributed by atoms with Gasteiger partial charge in [0, 0.05) is 30.1 Å². The molecule has 0 saturated carbocycles. The first-order chi connectivity index (χ1) is 14.0. The summed E-state index contributed by atoms with van der Waals surface area (Å²) in [5.74, 6) is -0.488. The molecule has 6 nitrogen and oxygen atoms in total. The number of hydrogen-bond donors (Lipinski definition) is 2. The van der Waals surface area contributed by atoms with Crippen molar-refractivity contribution in [1.29, 1.82) is 0 Å². The lowest BCUT2D eigenvalue weighted by molar-refractivity contribution is 0.0743. The van der Waals surface area contributed by atoms with E-state index in [9.17, 15) is 14.3 Å². The van der Waals surface area contributed by atoms with Gasteiger partial charge in [0.05, 0.1) is 25.0 Å². The van der Waals surface area contributed by atoms with Crippen molar-refractivity contribution >= 4 is 16.8 Å². The number of fused-ring (bicyclic) bond motifs is 2. The summed E-state index contributed by atoms with van der Waals surface area (Å²) in [6.45, 7) is 0.826. The number of aryl methyl sites for hydroxylation is 1. The van der Waals surface area contributed by atoms with Crippen molar-refractivity contribution in [1.82, 2.24) is 19.7 Å². The fourth-order valence-corrected chi connectivity index (χ4v) is 4.02. The molecule has 29 heavy (non-hydrogen) atoms. The Hall–Kier alpha value is -3.45. The van der Waals surface area contributed by atoms with Crippen LogP contribution in [0.3, 0.4) is 0 Å². The van der Waals surface area contributed by atoms with E-state index in [0.717, 1.165) is 27.7 Å². The van der Waals surface area contributed by atoms with Crippen LogP contribution in [0.4, 0.5) is 4.39 Å². The Labute approximate surface area is 166 Å². The fraction of sp³-hybridized carbons (Fsp3) is 0.182. The molecule has 1 amide bonds. The van der Waals surface area contributed by atoms with Crippen LogP contribution in [0, 0.1) is 5.82 Å². The highest BCUT2D eigenvalue weighted by atomic mass is 19.1. The summed E-state index contributed by atoms with van der Waals surface area (Å²) >= 11 is 0. The number of aliphatic hydroxyl groups excluding tert-OH is 1. The lowest BCUT2D eigenvalue weighted by atomic mass is 9.99. The van der Waals surface area contributed by atoms with Crippen LogP contribution in [0.1, 0.15) is 27.3 Å². The lowest BCUT2D eigenvalue weighted by Gasteiger charge is -2.14. The SMILES string of the molecule is Cn1ncc2c1CN(C(=O)c1cc3c(-c4cc(F)cc(CO)c4)cccc3[nH]1)C2. The molecule has 0 unspecified atom stereocenters. The Balaban J connectivity index is 1.52. The van der Waals surface area contributed by atoms with Gasteiger partial charge in [0.1, 0.15) is 11.5 Å². The second kappa shape index (κ2) is 6.56. The number of benzene rings is 2. The van der Waals surface area contributed by atoms with E-state index < -0.39 is 5.82 Å². The molecule has 5 rings (SSSR count). The van der Waals surface area contributed by atoms with Crippen LogP contribution in [0.5, 0.6) is 0 Å². The van der Waals surface area contributed by atoms with Crippen LogP contribution in [0.25, 0.3) is 22.0 Å². The van der Waals surface area contributed by atoms with Gasteiger partial charge in [-0.3, -0.25) is 9.48 Å². The predicted molar refractivity (Wildman–Crippen MR) is 106 cm³/mol. The van der Waals surface area contributed by atoms with Crippen LogP contribution in [0.2, 0.25) is 0 Å². The number of aliphatic hydroxyl groups is 1. The second-order valence-corrected chi connectivity index (χ2v) is 7.36. The standard InChI is InChI=1S/C22H19FN4O2/c1-26-21-11-27(10-15(21)9-24-26)22(29)20-8-18-17(3-2-4-19(18)25-20)14-5-13(12-28)6-16(23)7-14/h2-9,25,28H,10-12H2,1H3. The summed E-state index contributed by atoms with van der Waals surface area (Å²) in [5.41, 5.74) is 5.39. The summed E-state index contributed by atoms with van der Waals surface area (Å²) < 4.78 is 15.8. The number of nitrogens with one attached hydrogen (secondary N) is 1. The molecule has 2 N–H and O–H groups in total. The van der Waals surface area contributed by atoms with Crippen molar-refractivity contribution in [2.45, 2.75) is 19.7 Å². The van der Waals surface area contributed by atoms with Gasteiger partial charge in [-0.05, 0) is 47.0 Å². The van der Waals surface area contributed by atoms with Gasteiger partial charge in [0.15, 0.2) is 0 Å². The number of carbonyl (C=O) groups excluding carboxylic acids is 1. The molecule has 0 atom stereocenters. The van der Waals surface area contributed by atoms with Crippen molar-refractivity contribution in [2.24, 2.45) is 7.05 Å². The van der Waals surface area contributed by atoms with E-state index >= 15 is 0 Å². The average Bonchev–Trinajstić information content (AvgIpc) is 3.42. The smallest absolute Gasteiger partial charge is 0.270 e. The van der Waals surface area contributed by atoms with Crippen molar-refractivity contribution in [3.8, 4) is 11.1 Å². The number of H-pyrrole nitrogens is 1. The minimum absolute atomic E-state index is 0.0846. The van der Waals surface area contributed by atoms with Gasteiger partial charge >= 0.3 is 0 Å². The molecule has 2 aromatic carbocycles. The van der Waals surface area contributed by atoms with Crippen molar-refractivity contribution < 1.29 is 14.3 Å². The number of hydrogen-bond acceptors (Lipinski definition) is 3. The summed E-state index contributed by atoms with van der Waals surface area (Å²) in [6.07, 6.45) is 1.80. The monoisotopic (exact) mass is 390 g/mol. The van der Waals surface area contributed by atoms with Gasteiger partial charge in [0.25, 0.3) is 5.91 Å². The molecule has 0 bridgehead atoms. The summed E-state index contributed by atoms with van der Waals surface area (Å²) in [7, 11) is 1.88. The molecule has 4 aromatic rings. The first-order valence-electron chi connectivity index (χ1n) is 9.35. The summed E-state index contributed by atoms with van der Waals surface area (Å²) in [5, 5.41) is 14.5. The van der Waals surface area contributed by atoms with Crippen LogP contribution < -0.4 is 0 Å². The molecule has 0 saturated heterocycles. The Morgan fingerprint density at radius 2 is 2.10 bits per heavy atom. The normalized spacial score (nSPS) is 13.3. The van der Waals surface area contributed by atoms with E-state index in [1.165, 1.54) is 12.1 Å². The second-order valence-electron chi connectivity index (χ2n) is 7.36. The average molecular weight is 390 g/mol. The number of aromatic nitrogens is 3. The minimum atomic E-state index is -0.404. The van der Waals surface area contributed by atoms with Crippen molar-refractivity contribution in [3.05, 3.63) is 77.0 Å². The molecule has 1 aliphatic heterocycles. The molecular formula is C22H19FN4O2. The molecule has 0 fully saturated rings. The Morgan fingerprint density at radius 1 is 1.24 bits per heavy atom. The Bertz CT molecular complexity index is 1260. The lowest BCUT2D eigenvalue weighted by Crippen LogP contribution is -2.26. The molecule has 0 radical (unpaired) electrons. The number of halogens is 1. The Kier molecular flexibility index (Phi) is 3.99. The van der Waals surface area contributed by atoms with Gasteiger partial charge in [-0.15, -0.1) is 0 Å². The number of amides is 1. The van der Waals surface area contributed by atoms with Crippen LogP contribution in [-0.2, 0) is 26.7 Å². The topological polar surface area (TPSA) is 74.2 Å². The van der Waals surface area contributed by atoms with Crippen LogP contribution in [-0.4, -0.2) is 30.7 Å². The van der Waals surface area contributed by atoms with Crippen molar-refractivity contribution in [3.63, 3.8) is 0 Å². The zero-order valence-corrected chi connectivity index (χ0v) is 15.8. The highest BCUT2D eigenvalue weighted by molar-refractivity contribution is 6.03. The van der Waals surface area contributed by atoms with Gasteiger partial charge in [-0.2, -0.15) is 5.10 Å². The molecule has 7 heteroatoms. The maximum absolute atomic E-state index is 14.0. The third-order valence-electron chi connectivity index (χ3n) is 5.48. The van der Waals surface area contributed by atoms with E-state index in [0.29, 0.717) is 29.9 Å². The van der Waals surface area contributed by atoms with Gasteiger partial charge in [-0.25, -0.2) is 4.39 Å². The molecule has 146 valence electrons. The number of carbonyl (C=O) groups is 1. The van der Waals surface area contributed by atoms with E-state index in [-0.39, 0.29) is 12.5 Å². The molecule has 1 aliphatic rings. The van der Waals surface area contributed by atoms with Gasteiger partial charge in [0.2, 0.25) is 0 Å². The van der Waals surface area contributed by atoms with Crippen LogP contribution in [0.15, 0.2) is 48.7 Å². The fourth-order valence-electron chi connectivity index (χ4n) is 4.02. The number of rotatable bonds is 3. The highest BCUT2D eigenvalue weighted by Crippen LogP contribution is 2.32. The molecule has 0 spiro atoms. The largest absolute Gasteiger partial charge is 0.392 e. The van der Waals surface area contributed by atoms with Gasteiger partial charge < -0.3 is 15.0 Å². The predicted octanol–water partition coefficient (Wildman–Crippen LogP) is 3.36. The van der Waals surface area contributed by atoms with E-state index in [4.69, 9.17) is 0 Å². The number of nitrogens with zero attached hydrogens (tertiary/aromatic N) is 3. The number of aromatic amines is 1. The first-order valence-corrected chi connectivity index (χ1v) is 9.35. The molecule has 0 aliphatic carbocycles. The third kappa shape index (κ3) is 2.91. The first kappa shape index (κ1) is 17.6.